The average Bonchev–Trinajstić information content (AvgIpc) is 3.14. The summed E-state index contributed by atoms with van der Waals surface area (Å²) < 4.78 is 16.6. The number of ether oxygens (including phenoxy) is 3. The Morgan fingerprint density at radius 3 is 2.89 bits per heavy atom. The molecule has 1 saturated heterocycles. The summed E-state index contributed by atoms with van der Waals surface area (Å²) in [6, 6.07) is 7.38. The van der Waals surface area contributed by atoms with Gasteiger partial charge >= 0.3 is 6.03 Å². The molecule has 0 radical (unpaired) electrons. The lowest BCUT2D eigenvalue weighted by molar-refractivity contribution is 0.107. The maximum absolute atomic E-state index is 12.4. The Balaban J connectivity index is 1.24. The molecular weight excluding hydrogens is 348 g/mol. The van der Waals surface area contributed by atoms with Crippen molar-refractivity contribution in [1.29, 1.82) is 0 Å². The molecule has 0 unspecified atom stereocenters. The molecule has 1 aromatic carbocycles. The van der Waals surface area contributed by atoms with Crippen molar-refractivity contribution < 1.29 is 19.0 Å². The number of carbonyl (C=O) groups excluding carboxylic acids is 1. The zero-order valence-electron chi connectivity index (χ0n) is 15.2. The van der Waals surface area contributed by atoms with Gasteiger partial charge in [-0.25, -0.2) is 9.78 Å². The molecule has 3 heterocycles. The molecule has 4 rings (SSSR count). The molecule has 27 heavy (non-hydrogen) atoms. The van der Waals surface area contributed by atoms with Crippen molar-refractivity contribution in [1.82, 2.24) is 20.2 Å². The zero-order valence-corrected chi connectivity index (χ0v) is 15.2. The van der Waals surface area contributed by atoms with E-state index in [1.54, 1.807) is 12.3 Å². The predicted octanol–water partition coefficient (Wildman–Crippen LogP) is 2.27. The highest BCUT2D eigenvalue weighted by Gasteiger charge is 2.24. The standard InChI is InChI=1S/C19H22N4O4/c1-13-20-7-4-18(22-13)27-15-5-8-23(9-6-15)19(24)21-11-14-2-3-16-17(10-14)26-12-25-16/h2-4,7,10,15H,5-6,8-9,11-12H2,1H3,(H,21,24). The molecule has 0 spiro atoms. The molecule has 2 aliphatic rings. The molecule has 8 heteroatoms. The molecule has 2 amide bonds. The number of rotatable bonds is 4. The summed E-state index contributed by atoms with van der Waals surface area (Å²) in [6.45, 7) is 3.84. The van der Waals surface area contributed by atoms with Gasteiger partial charge in [-0.3, -0.25) is 0 Å². The normalized spacial score (nSPS) is 16.3. The highest BCUT2D eigenvalue weighted by atomic mass is 16.7. The minimum atomic E-state index is -0.0657. The summed E-state index contributed by atoms with van der Waals surface area (Å²) in [7, 11) is 0. The third-order valence-corrected chi connectivity index (χ3v) is 4.65. The van der Waals surface area contributed by atoms with Gasteiger partial charge < -0.3 is 24.4 Å². The summed E-state index contributed by atoms with van der Waals surface area (Å²) in [6.07, 6.45) is 3.31. The van der Waals surface area contributed by atoms with Gasteiger partial charge in [0.05, 0.1) is 0 Å². The van der Waals surface area contributed by atoms with Crippen LogP contribution in [0, 0.1) is 6.92 Å². The van der Waals surface area contributed by atoms with E-state index in [0.717, 1.165) is 29.9 Å². The number of fused-ring (bicyclic) bond motifs is 1. The maximum atomic E-state index is 12.4. The van der Waals surface area contributed by atoms with E-state index < -0.39 is 0 Å². The van der Waals surface area contributed by atoms with Crippen LogP contribution in [0.15, 0.2) is 30.5 Å². The molecule has 0 bridgehead atoms. The largest absolute Gasteiger partial charge is 0.474 e. The van der Waals surface area contributed by atoms with Crippen molar-refractivity contribution in [2.75, 3.05) is 19.9 Å². The summed E-state index contributed by atoms with van der Waals surface area (Å²) in [4.78, 5) is 22.6. The van der Waals surface area contributed by atoms with Crippen molar-refractivity contribution >= 4 is 6.03 Å². The number of aryl methyl sites for hydroxylation is 1. The first-order valence-electron chi connectivity index (χ1n) is 9.05. The van der Waals surface area contributed by atoms with E-state index in [1.807, 2.05) is 30.0 Å². The molecule has 0 aliphatic carbocycles. The zero-order chi connectivity index (χ0) is 18.6. The minimum Gasteiger partial charge on any atom is -0.474 e. The number of likely N-dealkylation sites (tertiary alicyclic amines) is 1. The van der Waals surface area contributed by atoms with E-state index >= 15 is 0 Å². The molecule has 2 aliphatic heterocycles. The molecule has 8 nitrogen and oxygen atoms in total. The number of carbonyl (C=O) groups is 1. The van der Waals surface area contributed by atoms with Crippen LogP contribution in [0.3, 0.4) is 0 Å². The second kappa shape index (κ2) is 7.69. The van der Waals surface area contributed by atoms with Crippen molar-refractivity contribution in [3.8, 4) is 17.4 Å². The van der Waals surface area contributed by atoms with Crippen LogP contribution in [0.1, 0.15) is 24.2 Å². The summed E-state index contributed by atoms with van der Waals surface area (Å²) in [5, 5.41) is 2.96. The van der Waals surface area contributed by atoms with Gasteiger partial charge in [0.2, 0.25) is 12.7 Å². The second-order valence-corrected chi connectivity index (χ2v) is 6.59. The molecule has 1 N–H and O–H groups in total. The maximum Gasteiger partial charge on any atom is 0.317 e. The number of hydrogen-bond donors (Lipinski definition) is 1. The quantitative estimate of drug-likeness (QED) is 0.889. The van der Waals surface area contributed by atoms with Crippen molar-refractivity contribution in [3.05, 3.63) is 41.9 Å². The molecule has 2 aromatic rings. The van der Waals surface area contributed by atoms with Gasteiger partial charge in [0.25, 0.3) is 0 Å². The number of amides is 2. The fourth-order valence-electron chi connectivity index (χ4n) is 3.19. The van der Waals surface area contributed by atoms with E-state index in [2.05, 4.69) is 15.3 Å². The number of aromatic nitrogens is 2. The second-order valence-electron chi connectivity index (χ2n) is 6.59. The van der Waals surface area contributed by atoms with Crippen molar-refractivity contribution in [2.45, 2.75) is 32.4 Å². The third-order valence-electron chi connectivity index (χ3n) is 4.65. The first-order chi connectivity index (χ1) is 13.2. The fraction of sp³-hybridized carbons (Fsp3) is 0.421. The Kier molecular flexibility index (Phi) is 4.95. The van der Waals surface area contributed by atoms with E-state index in [4.69, 9.17) is 14.2 Å². The van der Waals surface area contributed by atoms with Crippen LogP contribution < -0.4 is 19.5 Å². The van der Waals surface area contributed by atoms with E-state index in [0.29, 0.717) is 31.3 Å². The molecule has 0 saturated carbocycles. The highest BCUT2D eigenvalue weighted by Crippen LogP contribution is 2.32. The number of nitrogens with zero attached hydrogens (tertiary/aromatic N) is 3. The Morgan fingerprint density at radius 1 is 1.26 bits per heavy atom. The van der Waals surface area contributed by atoms with Gasteiger partial charge in [0, 0.05) is 44.7 Å². The Bertz CT molecular complexity index is 821. The number of benzene rings is 1. The van der Waals surface area contributed by atoms with Gasteiger partial charge in [-0.05, 0) is 24.6 Å². The van der Waals surface area contributed by atoms with E-state index in [9.17, 15) is 4.79 Å². The van der Waals surface area contributed by atoms with Crippen LogP contribution >= 0.6 is 0 Å². The highest BCUT2D eigenvalue weighted by molar-refractivity contribution is 5.74. The fourth-order valence-corrected chi connectivity index (χ4v) is 3.19. The molecule has 142 valence electrons. The van der Waals surface area contributed by atoms with Gasteiger partial charge in [-0.1, -0.05) is 6.07 Å². The number of nitrogens with one attached hydrogen (secondary N) is 1. The van der Waals surface area contributed by atoms with Crippen LogP contribution in [0.25, 0.3) is 0 Å². The lowest BCUT2D eigenvalue weighted by atomic mass is 10.1. The third kappa shape index (κ3) is 4.21. The summed E-state index contributed by atoms with van der Waals surface area (Å²) in [5.74, 6) is 2.74. The lowest BCUT2D eigenvalue weighted by Crippen LogP contribution is -2.46. The smallest absolute Gasteiger partial charge is 0.317 e. The molecule has 1 aromatic heterocycles. The van der Waals surface area contributed by atoms with Crippen molar-refractivity contribution in [3.63, 3.8) is 0 Å². The average molecular weight is 370 g/mol. The predicted molar refractivity (Wildman–Crippen MR) is 96.8 cm³/mol. The van der Waals surface area contributed by atoms with Crippen LogP contribution in [0.5, 0.6) is 17.4 Å². The number of urea groups is 1. The Morgan fingerprint density at radius 2 is 2.07 bits per heavy atom. The number of hydrogen-bond acceptors (Lipinski definition) is 6. The van der Waals surface area contributed by atoms with Crippen LogP contribution in [-0.4, -0.2) is 46.9 Å². The first kappa shape index (κ1) is 17.4. The minimum absolute atomic E-state index is 0.0657. The van der Waals surface area contributed by atoms with E-state index in [1.165, 1.54) is 0 Å². The molecule has 1 fully saturated rings. The van der Waals surface area contributed by atoms with Gasteiger partial charge in [-0.2, -0.15) is 4.98 Å². The van der Waals surface area contributed by atoms with E-state index in [-0.39, 0.29) is 18.9 Å². The van der Waals surface area contributed by atoms with Crippen LogP contribution in [-0.2, 0) is 6.54 Å². The van der Waals surface area contributed by atoms with Gasteiger partial charge in [0.15, 0.2) is 11.5 Å². The molecular formula is C19H22N4O4. The van der Waals surface area contributed by atoms with Gasteiger partial charge in [0.1, 0.15) is 11.9 Å². The summed E-state index contributed by atoms with van der Waals surface area (Å²) >= 11 is 0. The Labute approximate surface area is 157 Å². The topological polar surface area (TPSA) is 85.8 Å². The van der Waals surface area contributed by atoms with Crippen LogP contribution in [0.4, 0.5) is 4.79 Å². The lowest BCUT2D eigenvalue weighted by Gasteiger charge is -2.32. The Hall–Kier alpha value is -3.03. The summed E-state index contributed by atoms with van der Waals surface area (Å²) in [5.41, 5.74) is 0.977. The van der Waals surface area contributed by atoms with Gasteiger partial charge in [-0.15, -0.1) is 0 Å². The molecule has 0 atom stereocenters. The first-order valence-corrected chi connectivity index (χ1v) is 9.05. The monoisotopic (exact) mass is 370 g/mol. The van der Waals surface area contributed by atoms with Crippen molar-refractivity contribution in [2.24, 2.45) is 0 Å². The van der Waals surface area contributed by atoms with Crippen LogP contribution in [0.2, 0.25) is 0 Å². The number of piperidine rings is 1. The SMILES string of the molecule is Cc1nccc(OC2CCN(C(=O)NCc3ccc4c(c3)OCO4)CC2)n1.